The molecule has 5 nitrogen and oxygen atoms in total. The first-order valence-corrected chi connectivity index (χ1v) is 5.35. The molecule has 2 N–H and O–H groups in total. The van der Waals surface area contributed by atoms with Crippen LogP contribution >= 0.6 is 0 Å². The maximum atomic E-state index is 10.7. The average Bonchev–Trinajstić information content (AvgIpc) is 2.78. The molecule has 0 fully saturated rings. The number of carboxylic acids is 1. The molecule has 0 bridgehead atoms. The van der Waals surface area contributed by atoms with Crippen molar-refractivity contribution in [1.29, 1.82) is 0 Å². The monoisotopic (exact) mass is 231 g/mol. The minimum atomic E-state index is -0.819. The van der Waals surface area contributed by atoms with Crippen LogP contribution in [-0.4, -0.2) is 26.0 Å². The molecule has 0 aliphatic rings. The molecule has 0 saturated heterocycles. The minimum absolute atomic E-state index is 0.391. The summed E-state index contributed by atoms with van der Waals surface area (Å²) >= 11 is 0. The van der Waals surface area contributed by atoms with Gasteiger partial charge in [-0.3, -0.25) is 9.78 Å². The van der Waals surface area contributed by atoms with E-state index in [2.05, 4.69) is 15.0 Å². The predicted octanol–water partition coefficient (Wildman–Crippen LogP) is 1.73. The Balaban J connectivity index is 2.14. The Bertz CT molecular complexity index is 507. The zero-order valence-electron chi connectivity index (χ0n) is 9.42. The molecule has 0 saturated carbocycles. The second kappa shape index (κ2) is 4.78. The van der Waals surface area contributed by atoms with Gasteiger partial charge in [-0.05, 0) is 12.1 Å². The number of aromatic amines is 1. The van der Waals surface area contributed by atoms with Crippen LogP contribution in [0.4, 0.5) is 0 Å². The number of rotatable bonds is 4. The molecule has 0 amide bonds. The van der Waals surface area contributed by atoms with Gasteiger partial charge >= 0.3 is 5.97 Å². The first-order chi connectivity index (χ1) is 8.16. The van der Waals surface area contributed by atoms with Crippen LogP contribution in [0, 0.1) is 5.92 Å². The van der Waals surface area contributed by atoms with Gasteiger partial charge in [0.1, 0.15) is 5.82 Å². The van der Waals surface area contributed by atoms with E-state index in [1.807, 2.05) is 18.2 Å². The number of H-pyrrole nitrogens is 1. The van der Waals surface area contributed by atoms with E-state index in [9.17, 15) is 4.79 Å². The maximum absolute atomic E-state index is 10.7. The topological polar surface area (TPSA) is 78.9 Å². The Kier molecular flexibility index (Phi) is 3.18. The highest BCUT2D eigenvalue weighted by Crippen LogP contribution is 2.14. The van der Waals surface area contributed by atoms with Crippen LogP contribution in [0.15, 0.2) is 30.6 Å². The van der Waals surface area contributed by atoms with E-state index in [4.69, 9.17) is 5.11 Å². The van der Waals surface area contributed by atoms with E-state index in [0.717, 1.165) is 11.4 Å². The molecule has 2 aromatic heterocycles. The summed E-state index contributed by atoms with van der Waals surface area (Å²) in [7, 11) is 0. The number of pyridine rings is 1. The van der Waals surface area contributed by atoms with E-state index < -0.39 is 11.9 Å². The Morgan fingerprint density at radius 3 is 2.94 bits per heavy atom. The lowest BCUT2D eigenvalue weighted by Gasteiger charge is -2.02. The smallest absolute Gasteiger partial charge is 0.306 e. The van der Waals surface area contributed by atoms with Crippen LogP contribution < -0.4 is 0 Å². The highest BCUT2D eigenvalue weighted by atomic mass is 16.4. The third kappa shape index (κ3) is 2.69. The van der Waals surface area contributed by atoms with Gasteiger partial charge in [0.2, 0.25) is 0 Å². The van der Waals surface area contributed by atoms with Gasteiger partial charge in [-0.1, -0.05) is 13.0 Å². The summed E-state index contributed by atoms with van der Waals surface area (Å²) in [6, 6.07) is 5.61. The molecule has 2 rings (SSSR count). The summed E-state index contributed by atoms with van der Waals surface area (Å²) in [6.45, 7) is 1.66. The normalized spacial score (nSPS) is 12.3. The van der Waals surface area contributed by atoms with Gasteiger partial charge in [0, 0.05) is 12.6 Å². The molecule has 1 atom stereocenters. The van der Waals surface area contributed by atoms with Crippen molar-refractivity contribution >= 4 is 5.97 Å². The summed E-state index contributed by atoms with van der Waals surface area (Å²) in [4.78, 5) is 22.1. The predicted molar refractivity (Wildman–Crippen MR) is 62.3 cm³/mol. The summed E-state index contributed by atoms with van der Waals surface area (Å²) in [5.41, 5.74) is 1.60. The zero-order chi connectivity index (χ0) is 12.3. The van der Waals surface area contributed by atoms with Crippen molar-refractivity contribution in [2.75, 3.05) is 0 Å². The van der Waals surface area contributed by atoms with Crippen LogP contribution in [0.1, 0.15) is 12.7 Å². The summed E-state index contributed by atoms with van der Waals surface area (Å²) in [5, 5.41) is 8.81. The number of hydrogen-bond acceptors (Lipinski definition) is 3. The summed E-state index contributed by atoms with van der Waals surface area (Å²) < 4.78 is 0. The highest BCUT2D eigenvalue weighted by Gasteiger charge is 2.14. The van der Waals surface area contributed by atoms with E-state index in [1.54, 1.807) is 19.3 Å². The largest absolute Gasteiger partial charge is 0.481 e. The fourth-order valence-electron chi connectivity index (χ4n) is 1.50. The molecular weight excluding hydrogens is 218 g/mol. The third-order valence-corrected chi connectivity index (χ3v) is 2.49. The molecule has 0 spiro atoms. The zero-order valence-corrected chi connectivity index (χ0v) is 9.42. The Morgan fingerprint density at radius 2 is 2.29 bits per heavy atom. The van der Waals surface area contributed by atoms with E-state index in [-0.39, 0.29) is 0 Å². The van der Waals surface area contributed by atoms with Crippen LogP contribution in [0.2, 0.25) is 0 Å². The van der Waals surface area contributed by atoms with Crippen molar-refractivity contribution in [2.45, 2.75) is 13.3 Å². The van der Waals surface area contributed by atoms with Crippen molar-refractivity contribution in [2.24, 2.45) is 5.92 Å². The van der Waals surface area contributed by atoms with Crippen LogP contribution in [0.25, 0.3) is 11.4 Å². The summed E-state index contributed by atoms with van der Waals surface area (Å²) in [5.74, 6) is -0.598. The maximum Gasteiger partial charge on any atom is 0.306 e. The van der Waals surface area contributed by atoms with Gasteiger partial charge in [0.05, 0.1) is 23.5 Å². The van der Waals surface area contributed by atoms with Gasteiger partial charge in [-0.25, -0.2) is 4.98 Å². The SMILES string of the molecule is CC(Cc1ncc(-c2ccccn2)[nH]1)C(=O)O. The molecule has 0 aromatic carbocycles. The quantitative estimate of drug-likeness (QED) is 0.840. The lowest BCUT2D eigenvalue weighted by molar-refractivity contribution is -0.141. The van der Waals surface area contributed by atoms with Crippen molar-refractivity contribution in [3.63, 3.8) is 0 Å². The Hall–Kier alpha value is -2.17. The standard InChI is InChI=1S/C12H13N3O2/c1-8(12(16)17)6-11-14-7-10(15-11)9-4-2-3-5-13-9/h2-5,7-8H,6H2,1H3,(H,14,15)(H,16,17). The van der Waals surface area contributed by atoms with Crippen molar-refractivity contribution < 1.29 is 9.90 Å². The fraction of sp³-hybridized carbons (Fsp3) is 0.250. The lowest BCUT2D eigenvalue weighted by atomic mass is 10.1. The highest BCUT2D eigenvalue weighted by molar-refractivity contribution is 5.69. The van der Waals surface area contributed by atoms with E-state index in [1.165, 1.54) is 0 Å². The van der Waals surface area contributed by atoms with Gasteiger partial charge in [0.25, 0.3) is 0 Å². The van der Waals surface area contributed by atoms with Crippen LogP contribution in [-0.2, 0) is 11.2 Å². The van der Waals surface area contributed by atoms with Crippen molar-refractivity contribution in [1.82, 2.24) is 15.0 Å². The average molecular weight is 231 g/mol. The number of carboxylic acid groups (broad SMARTS) is 1. The first kappa shape index (κ1) is 11.3. The molecule has 88 valence electrons. The fourth-order valence-corrected chi connectivity index (χ4v) is 1.50. The molecule has 2 heterocycles. The van der Waals surface area contributed by atoms with Crippen LogP contribution in [0.5, 0.6) is 0 Å². The van der Waals surface area contributed by atoms with Gasteiger partial charge < -0.3 is 10.1 Å². The number of aliphatic carboxylic acids is 1. The Labute approximate surface area is 98.6 Å². The molecule has 2 aromatic rings. The van der Waals surface area contributed by atoms with Crippen molar-refractivity contribution in [3.05, 3.63) is 36.4 Å². The third-order valence-electron chi connectivity index (χ3n) is 2.49. The molecule has 0 aliphatic heterocycles. The van der Waals surface area contributed by atoms with Gasteiger partial charge in [-0.2, -0.15) is 0 Å². The molecule has 5 heteroatoms. The van der Waals surface area contributed by atoms with Gasteiger partial charge in [-0.15, -0.1) is 0 Å². The number of carbonyl (C=O) groups is 1. The van der Waals surface area contributed by atoms with Crippen molar-refractivity contribution in [3.8, 4) is 11.4 Å². The second-order valence-corrected chi connectivity index (χ2v) is 3.90. The number of imidazole rings is 1. The van der Waals surface area contributed by atoms with E-state index in [0.29, 0.717) is 12.2 Å². The molecule has 17 heavy (non-hydrogen) atoms. The summed E-state index contributed by atoms with van der Waals surface area (Å²) in [6.07, 6.45) is 3.77. The lowest BCUT2D eigenvalue weighted by Crippen LogP contribution is -2.12. The number of hydrogen-bond donors (Lipinski definition) is 2. The number of nitrogens with zero attached hydrogens (tertiary/aromatic N) is 2. The first-order valence-electron chi connectivity index (χ1n) is 5.35. The second-order valence-electron chi connectivity index (χ2n) is 3.90. The molecule has 0 aliphatic carbocycles. The van der Waals surface area contributed by atoms with Crippen LogP contribution in [0.3, 0.4) is 0 Å². The molecule has 1 unspecified atom stereocenters. The molecule has 0 radical (unpaired) electrons. The van der Waals surface area contributed by atoms with E-state index >= 15 is 0 Å². The number of aromatic nitrogens is 3. The molecular formula is C12H13N3O2. The van der Waals surface area contributed by atoms with Gasteiger partial charge in [0.15, 0.2) is 0 Å². The minimum Gasteiger partial charge on any atom is -0.481 e. The Morgan fingerprint density at radius 1 is 1.47 bits per heavy atom. The number of nitrogens with one attached hydrogen (secondary N) is 1.